The largest absolute Gasteiger partial charge is 0.489 e. The Morgan fingerprint density at radius 2 is 1.82 bits per heavy atom. The van der Waals surface area contributed by atoms with Gasteiger partial charge in [-0.3, -0.25) is 4.79 Å². The molecule has 0 radical (unpaired) electrons. The molecule has 0 spiro atoms. The van der Waals surface area contributed by atoms with Crippen molar-refractivity contribution in [1.82, 2.24) is 4.90 Å². The van der Waals surface area contributed by atoms with Crippen LogP contribution in [0.1, 0.15) is 15.9 Å². The van der Waals surface area contributed by atoms with Crippen LogP contribution in [-0.4, -0.2) is 37.0 Å². The van der Waals surface area contributed by atoms with Gasteiger partial charge in [-0.15, -0.1) is 0 Å². The van der Waals surface area contributed by atoms with E-state index in [4.69, 9.17) is 20.8 Å². The molecule has 2 heterocycles. The lowest BCUT2D eigenvalue weighted by molar-refractivity contribution is 0.0745. The van der Waals surface area contributed by atoms with Gasteiger partial charge in [-0.05, 0) is 30.3 Å². The Morgan fingerprint density at radius 1 is 1.00 bits per heavy atom. The maximum Gasteiger partial charge on any atom is 0.254 e. The molecule has 0 aliphatic carbocycles. The normalized spacial score (nSPS) is 14.2. The van der Waals surface area contributed by atoms with E-state index in [1.54, 1.807) is 12.3 Å². The summed E-state index contributed by atoms with van der Waals surface area (Å²) in [5, 5.41) is 0.671. The van der Waals surface area contributed by atoms with E-state index in [1.165, 1.54) is 0 Å². The number of carbonyl (C=O) groups excluding carboxylic acids is 1. The fourth-order valence-corrected chi connectivity index (χ4v) is 3.45. The maximum atomic E-state index is 12.9. The maximum absolute atomic E-state index is 12.9. The Morgan fingerprint density at radius 3 is 2.57 bits per heavy atom. The minimum atomic E-state index is 0.0160. The molecule has 1 saturated heterocycles. The molecule has 28 heavy (non-hydrogen) atoms. The monoisotopic (exact) mass is 396 g/mol. The van der Waals surface area contributed by atoms with Gasteiger partial charge < -0.3 is 19.0 Å². The standard InChI is InChI=1S/C22H21ClN2O3/c23-20-8-2-1-5-18(20)16-28-19-7-3-6-17(15-19)22(26)25-12-10-24(11-13-25)21-9-4-14-27-21/h1-9,14-15H,10-13,16H2. The SMILES string of the molecule is O=C(c1cccc(OCc2ccccc2Cl)c1)N1CCN(c2ccco2)CC1. The molecule has 0 N–H and O–H groups in total. The molecule has 4 rings (SSSR count). The van der Waals surface area contributed by atoms with Crippen LogP contribution in [0.4, 0.5) is 5.88 Å². The Balaban J connectivity index is 1.37. The number of ether oxygens (including phenoxy) is 1. The van der Waals surface area contributed by atoms with Crippen LogP contribution in [0, 0.1) is 0 Å². The Kier molecular flexibility index (Phi) is 5.53. The quantitative estimate of drug-likeness (QED) is 0.638. The van der Waals surface area contributed by atoms with Crippen molar-refractivity contribution >= 4 is 23.4 Å². The van der Waals surface area contributed by atoms with E-state index in [9.17, 15) is 4.79 Å². The zero-order valence-electron chi connectivity index (χ0n) is 15.4. The minimum absolute atomic E-state index is 0.0160. The van der Waals surface area contributed by atoms with Crippen molar-refractivity contribution in [1.29, 1.82) is 0 Å². The van der Waals surface area contributed by atoms with Crippen LogP contribution in [0.2, 0.25) is 5.02 Å². The molecule has 0 bridgehead atoms. The molecule has 3 aromatic rings. The summed E-state index contributed by atoms with van der Waals surface area (Å²) in [4.78, 5) is 16.9. The lowest BCUT2D eigenvalue weighted by Gasteiger charge is -2.34. The molecule has 5 nitrogen and oxygen atoms in total. The first-order chi connectivity index (χ1) is 13.7. The van der Waals surface area contributed by atoms with Crippen molar-refractivity contribution in [3.8, 4) is 5.75 Å². The number of nitrogens with zero attached hydrogens (tertiary/aromatic N) is 2. The Labute approximate surface area is 169 Å². The van der Waals surface area contributed by atoms with Crippen molar-refractivity contribution in [2.45, 2.75) is 6.61 Å². The van der Waals surface area contributed by atoms with Gasteiger partial charge in [-0.1, -0.05) is 35.9 Å². The van der Waals surface area contributed by atoms with Crippen molar-refractivity contribution in [2.75, 3.05) is 31.1 Å². The van der Waals surface area contributed by atoms with Gasteiger partial charge in [-0.25, -0.2) is 0 Å². The van der Waals surface area contributed by atoms with Crippen LogP contribution in [0.5, 0.6) is 5.75 Å². The number of benzene rings is 2. The van der Waals surface area contributed by atoms with Crippen molar-refractivity contribution < 1.29 is 13.9 Å². The lowest BCUT2D eigenvalue weighted by atomic mass is 10.1. The minimum Gasteiger partial charge on any atom is -0.489 e. The lowest BCUT2D eigenvalue weighted by Crippen LogP contribution is -2.48. The highest BCUT2D eigenvalue weighted by atomic mass is 35.5. The number of halogens is 1. The second-order valence-electron chi connectivity index (χ2n) is 6.64. The fraction of sp³-hybridized carbons (Fsp3) is 0.227. The number of piperazine rings is 1. The Hall–Kier alpha value is -2.92. The molecule has 1 aliphatic rings. The molecule has 0 atom stereocenters. The van der Waals surface area contributed by atoms with Crippen molar-refractivity contribution in [3.63, 3.8) is 0 Å². The van der Waals surface area contributed by atoms with Crippen LogP contribution in [0.25, 0.3) is 0 Å². The second kappa shape index (κ2) is 8.40. The summed E-state index contributed by atoms with van der Waals surface area (Å²) in [6.45, 7) is 3.18. The van der Waals surface area contributed by atoms with E-state index < -0.39 is 0 Å². The summed E-state index contributed by atoms with van der Waals surface area (Å²) in [7, 11) is 0. The van der Waals surface area contributed by atoms with Gasteiger partial charge in [0.15, 0.2) is 5.88 Å². The number of amides is 1. The van der Waals surface area contributed by atoms with Gasteiger partial charge in [0.1, 0.15) is 12.4 Å². The molecule has 2 aromatic carbocycles. The summed E-state index contributed by atoms with van der Waals surface area (Å²) in [6, 6.07) is 18.7. The van der Waals surface area contributed by atoms with Gasteiger partial charge in [0.2, 0.25) is 0 Å². The van der Waals surface area contributed by atoms with Gasteiger partial charge in [-0.2, -0.15) is 0 Å². The molecule has 1 fully saturated rings. The number of rotatable bonds is 5. The first kappa shape index (κ1) is 18.4. The summed E-state index contributed by atoms with van der Waals surface area (Å²) in [5.74, 6) is 1.52. The van der Waals surface area contributed by atoms with Crippen molar-refractivity contribution in [3.05, 3.63) is 83.1 Å². The molecule has 6 heteroatoms. The summed E-state index contributed by atoms with van der Waals surface area (Å²) >= 11 is 6.17. The van der Waals surface area contributed by atoms with Gasteiger partial charge in [0.05, 0.1) is 6.26 Å². The van der Waals surface area contributed by atoms with Crippen LogP contribution >= 0.6 is 11.6 Å². The third kappa shape index (κ3) is 4.15. The number of hydrogen-bond acceptors (Lipinski definition) is 4. The van der Waals surface area contributed by atoms with E-state index in [2.05, 4.69) is 4.90 Å². The number of carbonyl (C=O) groups is 1. The van der Waals surface area contributed by atoms with Crippen LogP contribution in [0.15, 0.2) is 71.3 Å². The molecule has 1 amide bonds. The van der Waals surface area contributed by atoms with E-state index in [0.717, 1.165) is 24.5 Å². The third-order valence-corrected chi connectivity index (χ3v) is 5.19. The van der Waals surface area contributed by atoms with E-state index >= 15 is 0 Å². The topological polar surface area (TPSA) is 45.9 Å². The Bertz CT molecular complexity index is 934. The van der Waals surface area contributed by atoms with Crippen LogP contribution in [-0.2, 0) is 6.61 Å². The van der Waals surface area contributed by atoms with Crippen LogP contribution in [0.3, 0.4) is 0 Å². The predicted octanol–water partition coefficient (Wildman–Crippen LogP) is 4.47. The number of furan rings is 1. The highest BCUT2D eigenvalue weighted by molar-refractivity contribution is 6.31. The second-order valence-corrected chi connectivity index (χ2v) is 7.05. The fourth-order valence-electron chi connectivity index (χ4n) is 3.26. The molecular weight excluding hydrogens is 376 g/mol. The summed E-state index contributed by atoms with van der Waals surface area (Å²) < 4.78 is 11.3. The first-order valence-electron chi connectivity index (χ1n) is 9.25. The number of hydrogen-bond donors (Lipinski definition) is 0. The van der Waals surface area contributed by atoms with E-state index in [1.807, 2.05) is 59.5 Å². The predicted molar refractivity (Wildman–Crippen MR) is 109 cm³/mol. The highest BCUT2D eigenvalue weighted by Crippen LogP contribution is 2.21. The van der Waals surface area contributed by atoms with Gasteiger partial charge >= 0.3 is 0 Å². The summed E-state index contributed by atoms with van der Waals surface area (Å²) in [5.41, 5.74) is 1.54. The van der Waals surface area contributed by atoms with E-state index in [0.29, 0.717) is 36.0 Å². The van der Waals surface area contributed by atoms with Gasteiger partial charge in [0.25, 0.3) is 5.91 Å². The van der Waals surface area contributed by atoms with Crippen molar-refractivity contribution in [2.24, 2.45) is 0 Å². The molecule has 144 valence electrons. The smallest absolute Gasteiger partial charge is 0.254 e. The van der Waals surface area contributed by atoms with E-state index in [-0.39, 0.29) is 5.91 Å². The van der Waals surface area contributed by atoms with Crippen LogP contribution < -0.4 is 9.64 Å². The average molecular weight is 397 g/mol. The molecule has 1 aliphatic heterocycles. The average Bonchev–Trinajstić information content (AvgIpc) is 3.28. The number of anilines is 1. The summed E-state index contributed by atoms with van der Waals surface area (Å²) in [6.07, 6.45) is 1.67. The highest BCUT2D eigenvalue weighted by Gasteiger charge is 2.23. The third-order valence-electron chi connectivity index (χ3n) is 4.82. The zero-order chi connectivity index (χ0) is 19.3. The molecule has 0 unspecified atom stereocenters. The first-order valence-corrected chi connectivity index (χ1v) is 9.62. The molecule has 0 saturated carbocycles. The molecule has 1 aromatic heterocycles. The zero-order valence-corrected chi connectivity index (χ0v) is 16.1. The van der Waals surface area contributed by atoms with Gasteiger partial charge in [0, 0.05) is 48.4 Å². The molecular formula is C22H21ClN2O3.